The van der Waals surface area contributed by atoms with E-state index < -0.39 is 0 Å². The van der Waals surface area contributed by atoms with Crippen LogP contribution in [0.3, 0.4) is 0 Å². The van der Waals surface area contributed by atoms with Crippen molar-refractivity contribution in [1.29, 1.82) is 0 Å². The Balaban J connectivity index is 2.01. The van der Waals surface area contributed by atoms with Crippen molar-refractivity contribution in [2.24, 2.45) is 0 Å². The van der Waals surface area contributed by atoms with Crippen LogP contribution in [0.2, 0.25) is 5.02 Å². The molecule has 1 aromatic carbocycles. The third kappa shape index (κ3) is 2.51. The smallest absolute Gasteiger partial charge is 0.127 e. The van der Waals surface area contributed by atoms with Gasteiger partial charge in [0.05, 0.1) is 29.2 Å². The van der Waals surface area contributed by atoms with Crippen LogP contribution >= 0.6 is 23.2 Å². The molecule has 0 saturated carbocycles. The topological polar surface area (TPSA) is 48.5 Å². The van der Waals surface area contributed by atoms with Gasteiger partial charge in [-0.25, -0.2) is 4.98 Å². The molecule has 3 aromatic rings. The van der Waals surface area contributed by atoms with Crippen molar-refractivity contribution in [2.75, 3.05) is 0 Å². The molecule has 104 valence electrons. The van der Waals surface area contributed by atoms with Gasteiger partial charge < -0.3 is 4.57 Å². The van der Waals surface area contributed by atoms with Crippen molar-refractivity contribution >= 4 is 34.2 Å². The van der Waals surface area contributed by atoms with Crippen molar-refractivity contribution in [2.45, 2.75) is 25.4 Å². The Morgan fingerprint density at radius 1 is 1.30 bits per heavy atom. The minimum absolute atomic E-state index is 0.170. The van der Waals surface area contributed by atoms with Gasteiger partial charge in [-0.1, -0.05) is 16.8 Å². The molecule has 1 atom stereocenters. The summed E-state index contributed by atoms with van der Waals surface area (Å²) in [5.41, 5.74) is 1.88. The normalized spacial score (nSPS) is 12.9. The number of benzene rings is 1. The molecule has 2 aromatic heterocycles. The third-order valence-corrected chi connectivity index (χ3v) is 3.55. The van der Waals surface area contributed by atoms with Gasteiger partial charge in [-0.05, 0) is 25.1 Å². The van der Waals surface area contributed by atoms with E-state index in [2.05, 4.69) is 19.9 Å². The van der Waals surface area contributed by atoms with Crippen LogP contribution in [0, 0.1) is 0 Å². The Labute approximate surface area is 126 Å². The summed E-state index contributed by atoms with van der Waals surface area (Å²) in [6, 6.07) is 5.65. The van der Waals surface area contributed by atoms with Gasteiger partial charge in [-0.15, -0.1) is 16.7 Å². The average molecular weight is 310 g/mol. The molecule has 1 unspecified atom stereocenters. The molecule has 0 saturated heterocycles. The quantitative estimate of drug-likeness (QED) is 0.695. The minimum atomic E-state index is -0.170. The van der Waals surface area contributed by atoms with Gasteiger partial charge in [0, 0.05) is 17.8 Å². The van der Waals surface area contributed by atoms with E-state index in [1.807, 2.05) is 31.3 Å². The van der Waals surface area contributed by atoms with Gasteiger partial charge >= 0.3 is 0 Å². The average Bonchev–Trinajstić information content (AvgIpc) is 3.03. The third-order valence-electron chi connectivity index (χ3n) is 3.12. The maximum Gasteiger partial charge on any atom is 0.127 e. The fourth-order valence-corrected chi connectivity index (χ4v) is 2.54. The van der Waals surface area contributed by atoms with Gasteiger partial charge in [0.1, 0.15) is 5.82 Å². The van der Waals surface area contributed by atoms with E-state index in [0.717, 1.165) is 16.9 Å². The number of alkyl halides is 1. The summed E-state index contributed by atoms with van der Waals surface area (Å²) in [5.74, 6) is 0.837. The van der Waals surface area contributed by atoms with Crippen molar-refractivity contribution in [3.63, 3.8) is 0 Å². The van der Waals surface area contributed by atoms with Crippen LogP contribution in [-0.4, -0.2) is 24.5 Å². The maximum atomic E-state index is 6.23. The van der Waals surface area contributed by atoms with E-state index in [1.165, 1.54) is 0 Å². The summed E-state index contributed by atoms with van der Waals surface area (Å²) in [5, 5.41) is 8.28. The minimum Gasteiger partial charge on any atom is -0.325 e. The maximum absolute atomic E-state index is 6.23. The largest absolute Gasteiger partial charge is 0.325 e. The van der Waals surface area contributed by atoms with Crippen molar-refractivity contribution in [3.05, 3.63) is 41.4 Å². The van der Waals surface area contributed by atoms with Crippen molar-refractivity contribution < 1.29 is 0 Å². The Hall–Kier alpha value is -1.59. The number of imidazole rings is 1. The van der Waals surface area contributed by atoms with Crippen LogP contribution in [0.15, 0.2) is 30.6 Å². The number of rotatable bonds is 4. The Bertz CT molecular complexity index is 718. The second-order valence-corrected chi connectivity index (χ2v) is 5.63. The molecule has 0 spiro atoms. The molecule has 20 heavy (non-hydrogen) atoms. The summed E-state index contributed by atoms with van der Waals surface area (Å²) in [6.45, 7) is 3.33. The van der Waals surface area contributed by atoms with E-state index in [9.17, 15) is 0 Å². The molecule has 0 radical (unpaired) electrons. The summed E-state index contributed by atoms with van der Waals surface area (Å²) in [4.78, 5) is 4.58. The first kappa shape index (κ1) is 13.4. The summed E-state index contributed by atoms with van der Waals surface area (Å²) < 4.78 is 3.86. The summed E-state index contributed by atoms with van der Waals surface area (Å²) in [6.07, 6.45) is 3.49. The number of aryl methyl sites for hydroxylation is 2. The van der Waals surface area contributed by atoms with E-state index in [4.69, 9.17) is 23.2 Å². The van der Waals surface area contributed by atoms with Crippen molar-refractivity contribution in [1.82, 2.24) is 24.5 Å². The van der Waals surface area contributed by atoms with E-state index in [1.54, 1.807) is 10.9 Å². The van der Waals surface area contributed by atoms with Gasteiger partial charge in [-0.3, -0.25) is 4.68 Å². The molecular weight excluding hydrogens is 297 g/mol. The summed E-state index contributed by atoms with van der Waals surface area (Å²) in [7, 11) is 0. The zero-order valence-corrected chi connectivity index (χ0v) is 12.4. The van der Waals surface area contributed by atoms with E-state index in [0.29, 0.717) is 18.1 Å². The lowest BCUT2D eigenvalue weighted by Gasteiger charge is -2.10. The first-order chi connectivity index (χ1) is 9.65. The Kier molecular flexibility index (Phi) is 3.63. The van der Waals surface area contributed by atoms with Crippen LogP contribution in [0.5, 0.6) is 0 Å². The molecule has 2 heterocycles. The highest BCUT2D eigenvalue weighted by atomic mass is 35.5. The SMILES string of the molecule is CC(Cl)c1nc2ccc(Cl)cc2n1CCn1ccnn1. The number of fused-ring (bicyclic) bond motifs is 1. The number of halogens is 2. The fourth-order valence-electron chi connectivity index (χ4n) is 2.21. The molecule has 0 aliphatic rings. The van der Waals surface area contributed by atoms with Crippen LogP contribution in [0.25, 0.3) is 11.0 Å². The van der Waals surface area contributed by atoms with Crippen LogP contribution < -0.4 is 0 Å². The van der Waals surface area contributed by atoms with Gasteiger partial charge in [0.2, 0.25) is 0 Å². The lowest BCUT2D eigenvalue weighted by molar-refractivity contribution is 0.515. The van der Waals surface area contributed by atoms with Gasteiger partial charge in [0.15, 0.2) is 0 Å². The Morgan fingerprint density at radius 2 is 2.15 bits per heavy atom. The zero-order chi connectivity index (χ0) is 14.1. The number of aromatic nitrogens is 5. The second kappa shape index (κ2) is 5.42. The van der Waals surface area contributed by atoms with Crippen LogP contribution in [0.1, 0.15) is 18.1 Å². The highest BCUT2D eigenvalue weighted by molar-refractivity contribution is 6.31. The first-order valence-corrected chi connectivity index (χ1v) is 7.10. The van der Waals surface area contributed by atoms with Crippen LogP contribution in [0.4, 0.5) is 0 Å². The summed E-state index contributed by atoms with van der Waals surface area (Å²) >= 11 is 12.3. The molecule has 0 N–H and O–H groups in total. The Morgan fingerprint density at radius 3 is 2.85 bits per heavy atom. The number of nitrogens with zero attached hydrogens (tertiary/aromatic N) is 5. The molecule has 5 nitrogen and oxygen atoms in total. The van der Waals surface area contributed by atoms with Gasteiger partial charge in [0.25, 0.3) is 0 Å². The molecule has 0 amide bonds. The van der Waals surface area contributed by atoms with E-state index in [-0.39, 0.29) is 5.38 Å². The molecule has 0 aliphatic carbocycles. The first-order valence-electron chi connectivity index (χ1n) is 6.29. The molecule has 0 bridgehead atoms. The highest BCUT2D eigenvalue weighted by Gasteiger charge is 2.15. The fraction of sp³-hybridized carbons (Fsp3) is 0.308. The lowest BCUT2D eigenvalue weighted by Crippen LogP contribution is -2.11. The second-order valence-electron chi connectivity index (χ2n) is 4.54. The van der Waals surface area contributed by atoms with Crippen molar-refractivity contribution in [3.8, 4) is 0 Å². The van der Waals surface area contributed by atoms with Gasteiger partial charge in [-0.2, -0.15) is 0 Å². The molecule has 3 rings (SSSR count). The molecule has 7 heteroatoms. The van der Waals surface area contributed by atoms with Crippen LogP contribution in [-0.2, 0) is 13.1 Å². The predicted octanol–water partition coefficient (Wildman–Crippen LogP) is 3.28. The highest BCUT2D eigenvalue weighted by Crippen LogP contribution is 2.26. The number of hydrogen-bond donors (Lipinski definition) is 0. The molecule has 0 aliphatic heterocycles. The molecule has 0 fully saturated rings. The zero-order valence-electron chi connectivity index (χ0n) is 10.9. The lowest BCUT2D eigenvalue weighted by atomic mass is 10.3. The van der Waals surface area contributed by atoms with E-state index >= 15 is 0 Å². The number of hydrogen-bond acceptors (Lipinski definition) is 3. The monoisotopic (exact) mass is 309 g/mol. The predicted molar refractivity (Wildman–Crippen MR) is 79.0 cm³/mol. The standard InChI is InChI=1S/C13H13Cl2N5/c1-9(14)13-17-11-3-2-10(15)8-12(11)20(13)7-6-19-5-4-16-18-19/h2-5,8-9H,6-7H2,1H3. The molecular formula is C13H13Cl2N5.